The highest BCUT2D eigenvalue weighted by Gasteiger charge is 2.22. The molecule has 2 atom stereocenters. The third-order valence-corrected chi connectivity index (χ3v) is 3.38. The van der Waals surface area contributed by atoms with Crippen LogP contribution in [0.2, 0.25) is 0 Å². The van der Waals surface area contributed by atoms with Crippen molar-refractivity contribution in [3.05, 3.63) is 48.2 Å². The molecule has 1 heterocycles. The first kappa shape index (κ1) is 14.8. The lowest BCUT2D eigenvalue weighted by atomic mass is 10.0. The third kappa shape index (κ3) is 4.47. The highest BCUT2D eigenvalue weighted by molar-refractivity contribution is 5.76. The zero-order chi connectivity index (χ0) is 14.4. The van der Waals surface area contributed by atoms with Crippen molar-refractivity contribution in [3.63, 3.8) is 0 Å². The van der Waals surface area contributed by atoms with Crippen LogP contribution >= 0.6 is 0 Å². The van der Waals surface area contributed by atoms with Gasteiger partial charge in [0.2, 0.25) is 0 Å². The molecule has 108 valence electrons. The summed E-state index contributed by atoms with van der Waals surface area (Å²) in [5.74, 6) is 0.0210. The van der Waals surface area contributed by atoms with Crippen LogP contribution in [0.3, 0.4) is 0 Å². The average molecular weight is 275 g/mol. The number of rotatable bonds is 3. The fraction of sp³-hybridized carbons (Fsp3) is 0.438. The van der Waals surface area contributed by atoms with Gasteiger partial charge in [-0.25, -0.2) is 4.79 Å². The SMILES string of the molecule is C=C1C[C@@H](CCc2ccccc2)OCC[C@H](N)C(=O)O1. The molecule has 0 bridgehead atoms. The second kappa shape index (κ2) is 7.22. The van der Waals surface area contributed by atoms with Crippen LogP contribution in [-0.4, -0.2) is 24.7 Å². The van der Waals surface area contributed by atoms with Crippen molar-refractivity contribution in [2.24, 2.45) is 5.73 Å². The molecule has 1 aromatic carbocycles. The van der Waals surface area contributed by atoms with Crippen LogP contribution in [0.25, 0.3) is 0 Å². The lowest BCUT2D eigenvalue weighted by Crippen LogP contribution is -2.32. The third-order valence-electron chi connectivity index (χ3n) is 3.38. The number of benzene rings is 1. The van der Waals surface area contributed by atoms with Crippen molar-refractivity contribution < 1.29 is 14.3 Å². The normalized spacial score (nSPS) is 24.4. The van der Waals surface area contributed by atoms with E-state index in [4.69, 9.17) is 15.2 Å². The Kier molecular flexibility index (Phi) is 5.32. The van der Waals surface area contributed by atoms with Gasteiger partial charge in [0.25, 0.3) is 0 Å². The summed E-state index contributed by atoms with van der Waals surface area (Å²) < 4.78 is 10.9. The van der Waals surface area contributed by atoms with E-state index in [1.54, 1.807) is 0 Å². The smallest absolute Gasteiger partial charge is 0.328 e. The van der Waals surface area contributed by atoms with Crippen LogP contribution in [0.15, 0.2) is 42.7 Å². The molecule has 0 radical (unpaired) electrons. The maximum absolute atomic E-state index is 11.6. The molecular weight excluding hydrogens is 254 g/mol. The predicted molar refractivity (Wildman–Crippen MR) is 76.9 cm³/mol. The summed E-state index contributed by atoms with van der Waals surface area (Å²) in [5.41, 5.74) is 6.97. The molecule has 0 spiro atoms. The van der Waals surface area contributed by atoms with Crippen molar-refractivity contribution in [2.45, 2.75) is 37.8 Å². The fourth-order valence-electron chi connectivity index (χ4n) is 2.21. The Morgan fingerprint density at radius 1 is 1.30 bits per heavy atom. The number of nitrogens with two attached hydrogens (primary N) is 1. The van der Waals surface area contributed by atoms with E-state index in [9.17, 15) is 4.79 Å². The minimum Gasteiger partial charge on any atom is -0.430 e. The Balaban J connectivity index is 1.90. The molecule has 0 unspecified atom stereocenters. The van der Waals surface area contributed by atoms with Crippen LogP contribution < -0.4 is 5.73 Å². The predicted octanol–water partition coefficient (Wildman–Crippen LogP) is 2.18. The number of ether oxygens (including phenoxy) is 2. The summed E-state index contributed by atoms with van der Waals surface area (Å²) in [4.78, 5) is 11.6. The van der Waals surface area contributed by atoms with Crippen LogP contribution in [0.5, 0.6) is 0 Å². The van der Waals surface area contributed by atoms with Crippen molar-refractivity contribution in [1.82, 2.24) is 0 Å². The number of carbonyl (C=O) groups excluding carboxylic acids is 1. The number of carbonyl (C=O) groups is 1. The maximum Gasteiger partial charge on any atom is 0.328 e. The molecule has 0 aromatic heterocycles. The van der Waals surface area contributed by atoms with Gasteiger partial charge in [0, 0.05) is 13.0 Å². The molecule has 0 saturated carbocycles. The number of aryl methyl sites for hydroxylation is 1. The first-order chi connectivity index (χ1) is 9.65. The van der Waals surface area contributed by atoms with Crippen LogP contribution in [0, 0.1) is 0 Å². The summed E-state index contributed by atoms with van der Waals surface area (Å²) in [7, 11) is 0. The van der Waals surface area contributed by atoms with Gasteiger partial charge in [-0.3, -0.25) is 0 Å². The van der Waals surface area contributed by atoms with Gasteiger partial charge < -0.3 is 15.2 Å². The molecule has 20 heavy (non-hydrogen) atoms. The van der Waals surface area contributed by atoms with Gasteiger partial charge in [0.15, 0.2) is 0 Å². The summed E-state index contributed by atoms with van der Waals surface area (Å²) in [5, 5.41) is 0. The number of cyclic esters (lactones) is 1. The van der Waals surface area contributed by atoms with E-state index in [1.165, 1.54) is 5.56 Å². The Morgan fingerprint density at radius 2 is 2.05 bits per heavy atom. The highest BCUT2D eigenvalue weighted by atomic mass is 16.5. The largest absolute Gasteiger partial charge is 0.430 e. The fourth-order valence-corrected chi connectivity index (χ4v) is 2.21. The molecule has 1 aliphatic rings. The van der Waals surface area contributed by atoms with Crippen molar-refractivity contribution in [1.29, 1.82) is 0 Å². The number of hydrogen-bond acceptors (Lipinski definition) is 4. The Hall–Kier alpha value is -1.65. The van der Waals surface area contributed by atoms with Crippen molar-refractivity contribution in [2.75, 3.05) is 6.61 Å². The standard InChI is InChI=1S/C16H21NO3/c1-12-11-14(8-7-13-5-3-2-4-6-13)19-10-9-15(17)16(18)20-12/h2-6,14-15H,1,7-11,17H2/t14-,15+/m1/s1. The Labute approximate surface area is 119 Å². The van der Waals surface area contributed by atoms with Crippen LogP contribution in [0.4, 0.5) is 0 Å². The van der Waals surface area contributed by atoms with Gasteiger partial charge in [-0.15, -0.1) is 0 Å². The summed E-state index contributed by atoms with van der Waals surface area (Å²) in [6.07, 6.45) is 2.83. The second-order valence-electron chi connectivity index (χ2n) is 5.08. The van der Waals surface area contributed by atoms with Crippen molar-refractivity contribution in [3.8, 4) is 0 Å². The minimum absolute atomic E-state index is 0.0146. The first-order valence-electron chi connectivity index (χ1n) is 6.95. The molecule has 2 N–H and O–H groups in total. The Morgan fingerprint density at radius 3 is 2.80 bits per heavy atom. The lowest BCUT2D eigenvalue weighted by molar-refractivity contribution is -0.141. The first-order valence-corrected chi connectivity index (χ1v) is 6.95. The van der Waals surface area contributed by atoms with E-state index in [1.807, 2.05) is 18.2 Å². The molecule has 1 aliphatic heterocycles. The molecule has 0 aliphatic carbocycles. The maximum atomic E-state index is 11.6. The van der Waals surface area contributed by atoms with Gasteiger partial charge in [-0.2, -0.15) is 0 Å². The molecule has 4 heteroatoms. The van der Waals surface area contributed by atoms with Gasteiger partial charge >= 0.3 is 5.97 Å². The second-order valence-corrected chi connectivity index (χ2v) is 5.08. The zero-order valence-electron chi connectivity index (χ0n) is 11.6. The summed E-state index contributed by atoms with van der Waals surface area (Å²) in [6, 6.07) is 9.63. The van der Waals surface area contributed by atoms with Gasteiger partial charge in [-0.1, -0.05) is 36.9 Å². The lowest BCUT2D eigenvalue weighted by Gasteiger charge is -2.17. The quantitative estimate of drug-likeness (QED) is 0.859. The van der Waals surface area contributed by atoms with Crippen LogP contribution in [-0.2, 0) is 20.7 Å². The number of esters is 1. The molecular formula is C16H21NO3. The van der Waals surface area contributed by atoms with Crippen molar-refractivity contribution >= 4 is 5.97 Å². The van der Waals surface area contributed by atoms with Gasteiger partial charge in [0.05, 0.1) is 6.10 Å². The van der Waals surface area contributed by atoms with Gasteiger partial charge in [-0.05, 0) is 24.8 Å². The monoisotopic (exact) mass is 275 g/mol. The van der Waals surface area contributed by atoms with E-state index >= 15 is 0 Å². The molecule has 2 rings (SSSR count). The van der Waals surface area contributed by atoms with E-state index in [2.05, 4.69) is 18.7 Å². The topological polar surface area (TPSA) is 61.5 Å². The summed E-state index contributed by atoms with van der Waals surface area (Å²) in [6.45, 7) is 4.24. The zero-order valence-corrected chi connectivity index (χ0v) is 11.6. The van der Waals surface area contributed by atoms with E-state index in [-0.39, 0.29) is 6.10 Å². The summed E-state index contributed by atoms with van der Waals surface area (Å²) >= 11 is 0. The van der Waals surface area contributed by atoms with Crippen LogP contribution in [0.1, 0.15) is 24.8 Å². The molecule has 0 amide bonds. The van der Waals surface area contributed by atoms with Gasteiger partial charge in [0.1, 0.15) is 11.8 Å². The number of hydrogen-bond donors (Lipinski definition) is 1. The van der Waals surface area contributed by atoms with E-state index in [0.717, 1.165) is 12.8 Å². The average Bonchev–Trinajstić information content (AvgIpc) is 2.50. The highest BCUT2D eigenvalue weighted by Crippen LogP contribution is 2.18. The minimum atomic E-state index is -0.625. The molecule has 1 saturated heterocycles. The van der Waals surface area contributed by atoms with E-state index < -0.39 is 12.0 Å². The molecule has 1 fully saturated rings. The van der Waals surface area contributed by atoms with E-state index in [0.29, 0.717) is 25.2 Å². The molecule has 4 nitrogen and oxygen atoms in total. The Bertz CT molecular complexity index is 458. The molecule has 1 aromatic rings.